The molecule has 2 atom stereocenters. The molecule has 1 aromatic rings. The summed E-state index contributed by atoms with van der Waals surface area (Å²) >= 11 is 0. The minimum Gasteiger partial charge on any atom is -0.372 e. The predicted octanol–water partition coefficient (Wildman–Crippen LogP) is 3.65. The minimum atomic E-state index is -0.131. The van der Waals surface area contributed by atoms with Gasteiger partial charge < -0.3 is 10.2 Å². The van der Waals surface area contributed by atoms with Crippen molar-refractivity contribution in [2.45, 2.75) is 46.2 Å². The van der Waals surface area contributed by atoms with Gasteiger partial charge in [-0.1, -0.05) is 6.92 Å². The van der Waals surface area contributed by atoms with Crippen LogP contribution in [0.5, 0.6) is 0 Å². The molecule has 0 spiro atoms. The van der Waals surface area contributed by atoms with E-state index in [0.29, 0.717) is 11.6 Å². The maximum Gasteiger partial charge on any atom is 0.126 e. The van der Waals surface area contributed by atoms with E-state index < -0.39 is 0 Å². The first-order chi connectivity index (χ1) is 8.42. The van der Waals surface area contributed by atoms with Crippen molar-refractivity contribution in [2.75, 3.05) is 19.0 Å². The van der Waals surface area contributed by atoms with E-state index in [0.717, 1.165) is 17.7 Å². The average Bonchev–Trinajstić information content (AvgIpc) is 2.38. The number of hydrogen-bond acceptors (Lipinski definition) is 2. The van der Waals surface area contributed by atoms with Crippen molar-refractivity contribution < 1.29 is 4.39 Å². The van der Waals surface area contributed by atoms with Crippen LogP contribution < -0.4 is 10.2 Å². The quantitative estimate of drug-likeness (QED) is 0.860. The number of nitrogens with zero attached hydrogens (tertiary/aromatic N) is 1. The first-order valence-electron chi connectivity index (χ1n) is 6.62. The summed E-state index contributed by atoms with van der Waals surface area (Å²) in [7, 11) is 3.97. The second kappa shape index (κ2) is 6.19. The van der Waals surface area contributed by atoms with E-state index in [4.69, 9.17) is 0 Å². The topological polar surface area (TPSA) is 15.3 Å². The highest BCUT2D eigenvalue weighted by Gasteiger charge is 2.17. The summed E-state index contributed by atoms with van der Waals surface area (Å²) in [6.45, 7) is 8.22. The fourth-order valence-electron chi connectivity index (χ4n) is 2.00. The number of aryl methyl sites for hydroxylation is 1. The number of rotatable bonds is 5. The van der Waals surface area contributed by atoms with Crippen LogP contribution in [0.3, 0.4) is 0 Å². The summed E-state index contributed by atoms with van der Waals surface area (Å²) in [5.74, 6) is -0.131. The van der Waals surface area contributed by atoms with E-state index in [2.05, 4.69) is 38.0 Å². The third-order valence-corrected chi connectivity index (χ3v) is 3.84. The summed E-state index contributed by atoms with van der Waals surface area (Å²) < 4.78 is 13.8. The summed E-state index contributed by atoms with van der Waals surface area (Å²) in [5, 5.41) is 3.19. The first-order valence-corrected chi connectivity index (χ1v) is 6.62. The van der Waals surface area contributed by atoms with Gasteiger partial charge in [-0.3, -0.25) is 0 Å². The summed E-state index contributed by atoms with van der Waals surface area (Å²) in [6, 6.07) is 4.19. The Morgan fingerprint density at radius 2 is 1.94 bits per heavy atom. The highest BCUT2D eigenvalue weighted by atomic mass is 19.1. The monoisotopic (exact) mass is 252 g/mol. The lowest BCUT2D eigenvalue weighted by Gasteiger charge is -2.30. The molecule has 0 heterocycles. The maximum absolute atomic E-state index is 13.8. The molecule has 0 fully saturated rings. The Kier molecular flexibility index (Phi) is 5.15. The largest absolute Gasteiger partial charge is 0.372 e. The van der Waals surface area contributed by atoms with Gasteiger partial charge in [0.25, 0.3) is 0 Å². The average molecular weight is 252 g/mol. The molecule has 2 unspecified atom stereocenters. The predicted molar refractivity (Wildman–Crippen MR) is 76.8 cm³/mol. The van der Waals surface area contributed by atoms with E-state index in [-0.39, 0.29) is 11.9 Å². The van der Waals surface area contributed by atoms with Crippen molar-refractivity contribution in [3.05, 3.63) is 29.1 Å². The lowest BCUT2D eigenvalue weighted by atomic mass is 10.0. The van der Waals surface area contributed by atoms with E-state index in [1.54, 1.807) is 6.07 Å². The molecule has 0 amide bonds. The molecule has 0 aliphatic heterocycles. The van der Waals surface area contributed by atoms with Gasteiger partial charge in [0.1, 0.15) is 5.82 Å². The van der Waals surface area contributed by atoms with Crippen LogP contribution in [0.25, 0.3) is 0 Å². The molecule has 0 saturated carbocycles. The molecule has 0 aliphatic rings. The van der Waals surface area contributed by atoms with Crippen LogP contribution in [0, 0.1) is 12.7 Å². The van der Waals surface area contributed by atoms with Crippen LogP contribution in [0.15, 0.2) is 12.1 Å². The zero-order valence-corrected chi connectivity index (χ0v) is 12.3. The van der Waals surface area contributed by atoms with E-state index in [9.17, 15) is 4.39 Å². The van der Waals surface area contributed by atoms with E-state index in [1.165, 1.54) is 0 Å². The summed E-state index contributed by atoms with van der Waals surface area (Å²) in [6.07, 6.45) is 1.07. The molecule has 0 bridgehead atoms. The Labute approximate surface area is 110 Å². The molecule has 0 radical (unpaired) electrons. The van der Waals surface area contributed by atoms with Gasteiger partial charge in [-0.15, -0.1) is 0 Å². The van der Waals surface area contributed by atoms with Crippen LogP contribution in [0.2, 0.25) is 0 Å². The molecule has 102 valence electrons. The zero-order valence-electron chi connectivity index (χ0n) is 12.3. The van der Waals surface area contributed by atoms with E-state index in [1.807, 2.05) is 20.0 Å². The number of benzene rings is 1. The molecule has 1 N–H and O–H groups in total. The Bertz CT molecular complexity index is 404. The highest BCUT2D eigenvalue weighted by Crippen LogP contribution is 2.30. The Hall–Kier alpha value is -1.09. The third kappa shape index (κ3) is 3.02. The van der Waals surface area contributed by atoms with Gasteiger partial charge in [0.2, 0.25) is 0 Å². The first kappa shape index (κ1) is 15.0. The van der Waals surface area contributed by atoms with Crippen LogP contribution in [-0.2, 0) is 0 Å². The SMILES string of the molecule is CCC(C)N(C)c1cc(C)c(F)cc1C(C)NC. The standard InChI is InChI=1S/C15H25FN2/c1-7-11(3)18(6)15-8-10(2)14(16)9-13(15)12(4)17-5/h8-9,11-12,17H,7H2,1-6H3. The van der Waals surface area contributed by atoms with Gasteiger partial charge in [0.05, 0.1) is 0 Å². The molecule has 1 aromatic carbocycles. The lowest BCUT2D eigenvalue weighted by Crippen LogP contribution is -2.30. The molecule has 2 nitrogen and oxygen atoms in total. The molecular formula is C15H25FN2. The minimum absolute atomic E-state index is 0.131. The normalized spacial score (nSPS) is 14.4. The lowest BCUT2D eigenvalue weighted by molar-refractivity contribution is 0.594. The van der Waals surface area contributed by atoms with E-state index >= 15 is 0 Å². The number of anilines is 1. The molecule has 0 aromatic heterocycles. The van der Waals surface area contributed by atoms with Crippen LogP contribution in [-0.4, -0.2) is 20.1 Å². The second-order valence-electron chi connectivity index (χ2n) is 5.04. The van der Waals surface area contributed by atoms with Gasteiger partial charge in [0.15, 0.2) is 0 Å². The third-order valence-electron chi connectivity index (χ3n) is 3.84. The van der Waals surface area contributed by atoms with Crippen LogP contribution >= 0.6 is 0 Å². The van der Waals surface area contributed by atoms with Gasteiger partial charge in [-0.2, -0.15) is 0 Å². The Morgan fingerprint density at radius 3 is 2.44 bits per heavy atom. The van der Waals surface area contributed by atoms with Gasteiger partial charge in [-0.25, -0.2) is 4.39 Å². The van der Waals surface area contributed by atoms with Crippen LogP contribution in [0.1, 0.15) is 44.4 Å². The van der Waals surface area contributed by atoms with Gasteiger partial charge in [0, 0.05) is 24.8 Å². The number of hydrogen-bond donors (Lipinski definition) is 1. The second-order valence-corrected chi connectivity index (χ2v) is 5.04. The van der Waals surface area contributed by atoms with Crippen molar-refractivity contribution in [2.24, 2.45) is 0 Å². The van der Waals surface area contributed by atoms with Crippen molar-refractivity contribution in [1.82, 2.24) is 5.32 Å². The molecule has 18 heavy (non-hydrogen) atoms. The molecule has 0 aliphatic carbocycles. The summed E-state index contributed by atoms with van der Waals surface area (Å²) in [5.41, 5.74) is 2.83. The van der Waals surface area contributed by atoms with Crippen molar-refractivity contribution in [3.8, 4) is 0 Å². The summed E-state index contributed by atoms with van der Waals surface area (Å²) in [4.78, 5) is 2.23. The number of nitrogens with one attached hydrogen (secondary N) is 1. The Balaban J connectivity index is 3.27. The van der Waals surface area contributed by atoms with Crippen molar-refractivity contribution in [3.63, 3.8) is 0 Å². The van der Waals surface area contributed by atoms with Crippen molar-refractivity contribution in [1.29, 1.82) is 0 Å². The smallest absolute Gasteiger partial charge is 0.126 e. The molecule has 3 heteroatoms. The number of halogens is 1. The van der Waals surface area contributed by atoms with Crippen molar-refractivity contribution >= 4 is 5.69 Å². The fourth-order valence-corrected chi connectivity index (χ4v) is 2.00. The molecular weight excluding hydrogens is 227 g/mol. The Morgan fingerprint density at radius 1 is 1.33 bits per heavy atom. The molecule has 0 saturated heterocycles. The van der Waals surface area contributed by atoms with Gasteiger partial charge >= 0.3 is 0 Å². The zero-order chi connectivity index (χ0) is 13.9. The maximum atomic E-state index is 13.8. The van der Waals surface area contributed by atoms with Crippen LogP contribution in [0.4, 0.5) is 10.1 Å². The van der Waals surface area contributed by atoms with Gasteiger partial charge in [-0.05, 0) is 57.5 Å². The molecule has 1 rings (SSSR count). The highest BCUT2D eigenvalue weighted by molar-refractivity contribution is 5.57. The fraction of sp³-hybridized carbons (Fsp3) is 0.600.